The third-order valence-corrected chi connectivity index (χ3v) is 6.43. The molecule has 4 aromatic rings. The minimum Gasteiger partial charge on any atom is -0.491 e. The minimum absolute atomic E-state index is 0.108. The Morgan fingerprint density at radius 1 is 1.00 bits per heavy atom. The van der Waals surface area contributed by atoms with Crippen molar-refractivity contribution in [2.24, 2.45) is 5.73 Å². The number of hydrogen-bond donors (Lipinski definition) is 3. The van der Waals surface area contributed by atoms with E-state index >= 15 is 0 Å². The first-order chi connectivity index (χ1) is 18.8. The largest absolute Gasteiger partial charge is 0.491 e. The maximum atomic E-state index is 12.8. The number of aliphatic hydroxyl groups is 1. The van der Waals surface area contributed by atoms with Crippen molar-refractivity contribution in [1.82, 2.24) is 9.88 Å². The van der Waals surface area contributed by atoms with Crippen molar-refractivity contribution in [3.05, 3.63) is 101 Å². The third-order valence-electron chi connectivity index (χ3n) is 6.43. The predicted molar refractivity (Wildman–Crippen MR) is 151 cm³/mol. The van der Waals surface area contributed by atoms with Crippen molar-refractivity contribution in [2.45, 2.75) is 39.0 Å². The summed E-state index contributed by atoms with van der Waals surface area (Å²) in [7, 11) is 0. The molecule has 1 amide bonds. The van der Waals surface area contributed by atoms with Crippen molar-refractivity contribution in [1.29, 1.82) is 0 Å². The molecule has 204 valence electrons. The Balaban J connectivity index is 1.45. The highest BCUT2D eigenvalue weighted by Crippen LogP contribution is 2.24. The number of carbonyl (C=O) groups excluding carboxylic acids is 2. The molecule has 0 radical (unpaired) electrons. The van der Waals surface area contributed by atoms with Crippen LogP contribution in [0.25, 0.3) is 10.9 Å². The normalized spacial score (nSPS) is 12.7. The van der Waals surface area contributed by atoms with Crippen LogP contribution in [0, 0.1) is 0 Å². The number of amides is 1. The van der Waals surface area contributed by atoms with E-state index in [0.29, 0.717) is 24.3 Å². The van der Waals surface area contributed by atoms with Crippen LogP contribution in [0.3, 0.4) is 0 Å². The zero-order valence-electron chi connectivity index (χ0n) is 22.3. The molecule has 0 aliphatic carbocycles. The Bertz CT molecular complexity index is 1420. The van der Waals surface area contributed by atoms with E-state index in [4.69, 9.17) is 15.2 Å². The molecule has 2 unspecified atom stereocenters. The number of aromatic nitrogens is 1. The molecule has 0 saturated carbocycles. The van der Waals surface area contributed by atoms with Gasteiger partial charge in [0.15, 0.2) is 0 Å². The third kappa shape index (κ3) is 7.46. The first kappa shape index (κ1) is 27.9. The molecule has 0 spiro atoms. The number of nitrogens with zero attached hydrogens (tertiary/aromatic N) is 1. The number of nitrogens with one attached hydrogen (secondary N) is 1. The number of benzene rings is 3. The Hall–Kier alpha value is -4.14. The summed E-state index contributed by atoms with van der Waals surface area (Å²) < 4.78 is 12.8. The number of esters is 1. The van der Waals surface area contributed by atoms with E-state index in [1.807, 2.05) is 59.2 Å². The summed E-state index contributed by atoms with van der Waals surface area (Å²) in [5.41, 5.74) is 9.16. The molecule has 0 fully saturated rings. The molecule has 8 nitrogen and oxygen atoms in total. The summed E-state index contributed by atoms with van der Waals surface area (Å²) in [6, 6.07) is 24.6. The lowest BCUT2D eigenvalue weighted by Crippen LogP contribution is -2.37. The van der Waals surface area contributed by atoms with Crippen LogP contribution in [0.4, 0.5) is 0 Å². The van der Waals surface area contributed by atoms with Crippen molar-refractivity contribution >= 4 is 22.8 Å². The SMILES string of the molecule is CCOC(=O)c1cc2cc(CC(C)NCC(O)COc3ccccc3)ccc2n1Cc1cccc(C(N)=O)c1. The Kier molecular flexibility index (Phi) is 9.35. The maximum Gasteiger partial charge on any atom is 0.354 e. The summed E-state index contributed by atoms with van der Waals surface area (Å²) in [6.07, 6.45) is 0.104. The fourth-order valence-electron chi connectivity index (χ4n) is 4.53. The molecular weight excluding hydrogens is 494 g/mol. The molecule has 1 heterocycles. The van der Waals surface area contributed by atoms with E-state index in [9.17, 15) is 14.7 Å². The first-order valence-corrected chi connectivity index (χ1v) is 13.1. The van der Waals surface area contributed by atoms with Gasteiger partial charge in [-0.1, -0.05) is 36.4 Å². The lowest BCUT2D eigenvalue weighted by Gasteiger charge is -2.18. The van der Waals surface area contributed by atoms with Gasteiger partial charge in [-0.3, -0.25) is 4.79 Å². The number of hydrogen-bond acceptors (Lipinski definition) is 6. The predicted octanol–water partition coefficient (Wildman–Crippen LogP) is 3.93. The quantitative estimate of drug-likeness (QED) is 0.226. The van der Waals surface area contributed by atoms with Crippen LogP contribution in [0.15, 0.2) is 78.9 Å². The average molecular weight is 530 g/mol. The van der Waals surface area contributed by atoms with Crippen LogP contribution >= 0.6 is 0 Å². The standard InChI is InChI=1S/C31H35N3O5/c1-3-38-31(37)29-17-25-15-22(14-21(2)33-18-26(35)20-39-27-10-5-4-6-11-27)12-13-28(25)34(29)19-23-8-7-9-24(16-23)30(32)36/h4-13,15-17,21,26,33,35H,3,14,18-20H2,1-2H3,(H2,32,36). The average Bonchev–Trinajstić information content (AvgIpc) is 3.29. The molecule has 3 aromatic carbocycles. The lowest BCUT2D eigenvalue weighted by molar-refractivity contribution is 0.0515. The van der Waals surface area contributed by atoms with Crippen molar-refractivity contribution in [3.8, 4) is 5.75 Å². The van der Waals surface area contributed by atoms with E-state index in [1.54, 1.807) is 25.1 Å². The molecule has 4 N–H and O–H groups in total. The zero-order valence-corrected chi connectivity index (χ0v) is 22.3. The monoisotopic (exact) mass is 529 g/mol. The summed E-state index contributed by atoms with van der Waals surface area (Å²) in [6.45, 7) is 5.12. The molecular formula is C31H35N3O5. The van der Waals surface area contributed by atoms with Crippen molar-refractivity contribution in [3.63, 3.8) is 0 Å². The number of fused-ring (bicyclic) bond motifs is 1. The second-order valence-electron chi connectivity index (χ2n) is 9.59. The van der Waals surface area contributed by atoms with Gasteiger partial charge in [0.1, 0.15) is 24.2 Å². The van der Waals surface area contributed by atoms with Crippen LogP contribution in [-0.4, -0.2) is 53.5 Å². The number of ether oxygens (including phenoxy) is 2. The molecule has 0 aliphatic rings. The second kappa shape index (κ2) is 13.1. The fraction of sp³-hybridized carbons (Fsp3) is 0.290. The Labute approximate surface area is 228 Å². The summed E-state index contributed by atoms with van der Waals surface area (Å²) in [5.74, 6) is -0.168. The number of aliphatic hydroxyl groups excluding tert-OH is 1. The zero-order chi connectivity index (χ0) is 27.8. The van der Waals surface area contributed by atoms with Gasteiger partial charge < -0.3 is 30.2 Å². The van der Waals surface area contributed by atoms with Crippen molar-refractivity contribution < 1.29 is 24.2 Å². The molecule has 2 atom stereocenters. The highest BCUT2D eigenvalue weighted by molar-refractivity contribution is 5.96. The molecule has 0 aliphatic heterocycles. The van der Waals surface area contributed by atoms with Gasteiger partial charge in [0, 0.05) is 35.6 Å². The minimum atomic E-state index is -0.635. The second-order valence-corrected chi connectivity index (χ2v) is 9.59. The summed E-state index contributed by atoms with van der Waals surface area (Å²) >= 11 is 0. The molecule has 39 heavy (non-hydrogen) atoms. The Morgan fingerprint density at radius 2 is 1.79 bits per heavy atom. The molecule has 1 aromatic heterocycles. The van der Waals surface area contributed by atoms with Gasteiger partial charge in [-0.25, -0.2) is 4.79 Å². The van der Waals surface area contributed by atoms with Crippen molar-refractivity contribution in [2.75, 3.05) is 19.8 Å². The number of rotatable bonds is 13. The van der Waals surface area contributed by atoms with Gasteiger partial charge in [-0.05, 0) is 73.9 Å². The topological polar surface area (TPSA) is 116 Å². The number of primary amides is 1. The smallest absolute Gasteiger partial charge is 0.354 e. The van der Waals surface area contributed by atoms with E-state index < -0.39 is 18.0 Å². The molecule has 0 bridgehead atoms. The van der Waals surface area contributed by atoms with Gasteiger partial charge in [0.25, 0.3) is 0 Å². The summed E-state index contributed by atoms with van der Waals surface area (Å²) in [5, 5.41) is 14.6. The van der Waals surface area contributed by atoms with Gasteiger partial charge in [-0.15, -0.1) is 0 Å². The van der Waals surface area contributed by atoms with Crippen LogP contribution in [0.2, 0.25) is 0 Å². The Morgan fingerprint density at radius 3 is 2.54 bits per heavy atom. The number of carbonyl (C=O) groups is 2. The van der Waals surface area contributed by atoms with E-state index in [2.05, 4.69) is 18.3 Å². The lowest BCUT2D eigenvalue weighted by atomic mass is 10.0. The van der Waals surface area contributed by atoms with Gasteiger partial charge in [0.05, 0.1) is 6.61 Å². The van der Waals surface area contributed by atoms with Crippen LogP contribution < -0.4 is 15.8 Å². The molecule has 0 saturated heterocycles. The van der Waals surface area contributed by atoms with Crippen LogP contribution in [-0.2, 0) is 17.7 Å². The van der Waals surface area contributed by atoms with Crippen LogP contribution in [0.5, 0.6) is 5.75 Å². The van der Waals surface area contributed by atoms with Gasteiger partial charge >= 0.3 is 5.97 Å². The first-order valence-electron chi connectivity index (χ1n) is 13.1. The van der Waals surface area contributed by atoms with E-state index in [-0.39, 0.29) is 19.3 Å². The van der Waals surface area contributed by atoms with Gasteiger partial charge in [-0.2, -0.15) is 0 Å². The number of nitrogens with two attached hydrogens (primary N) is 1. The number of para-hydroxylation sites is 1. The van der Waals surface area contributed by atoms with Crippen LogP contribution in [0.1, 0.15) is 45.8 Å². The van der Waals surface area contributed by atoms with Gasteiger partial charge in [0.2, 0.25) is 5.91 Å². The molecule has 8 heteroatoms. The molecule has 4 rings (SSSR count). The highest BCUT2D eigenvalue weighted by Gasteiger charge is 2.18. The van der Waals surface area contributed by atoms with E-state index in [1.165, 1.54) is 0 Å². The fourth-order valence-corrected chi connectivity index (χ4v) is 4.53. The maximum absolute atomic E-state index is 12.8. The highest BCUT2D eigenvalue weighted by atomic mass is 16.5. The van der Waals surface area contributed by atoms with E-state index in [0.717, 1.165) is 34.2 Å². The summed E-state index contributed by atoms with van der Waals surface area (Å²) in [4.78, 5) is 24.4.